The number of fused-ring (bicyclic) bond motifs is 1. The Bertz CT molecular complexity index is 829. The quantitative estimate of drug-likeness (QED) is 0.730. The maximum Gasteiger partial charge on any atom is 0.258 e. The summed E-state index contributed by atoms with van der Waals surface area (Å²) in [6.07, 6.45) is 1.89. The summed E-state index contributed by atoms with van der Waals surface area (Å²) >= 11 is 3.55. The van der Waals surface area contributed by atoms with Crippen molar-refractivity contribution in [3.8, 4) is 11.5 Å². The molecule has 4 nitrogen and oxygen atoms in total. The van der Waals surface area contributed by atoms with E-state index >= 15 is 0 Å². The van der Waals surface area contributed by atoms with Gasteiger partial charge in [0.25, 0.3) is 5.91 Å². The summed E-state index contributed by atoms with van der Waals surface area (Å²) in [5.41, 5.74) is 3.45. The minimum atomic E-state index is 0.0142. The Balaban J connectivity index is 2.14. The van der Waals surface area contributed by atoms with Gasteiger partial charge in [0.1, 0.15) is 0 Å². The number of ether oxygens (including phenoxy) is 2. The number of carbonyl (C=O) groups is 1. The molecule has 0 radical (unpaired) electrons. The van der Waals surface area contributed by atoms with Crippen molar-refractivity contribution >= 4 is 39.2 Å². The average molecular weight is 388 g/mol. The molecular formula is C19H18BrNO3. The number of para-hydroxylation sites is 1. The number of hydrogen-bond donors (Lipinski definition) is 0. The molecule has 1 aliphatic heterocycles. The predicted molar refractivity (Wildman–Crippen MR) is 99.6 cm³/mol. The van der Waals surface area contributed by atoms with Crippen molar-refractivity contribution in [3.63, 3.8) is 0 Å². The Morgan fingerprint density at radius 1 is 1.12 bits per heavy atom. The molecule has 0 saturated heterocycles. The number of methoxy groups -OCH3 is 2. The van der Waals surface area contributed by atoms with Gasteiger partial charge in [-0.15, -0.1) is 0 Å². The second kappa shape index (κ2) is 6.69. The number of benzene rings is 2. The Hall–Kier alpha value is -2.27. The van der Waals surface area contributed by atoms with E-state index in [1.807, 2.05) is 49.4 Å². The van der Waals surface area contributed by atoms with Gasteiger partial charge in [0, 0.05) is 22.2 Å². The van der Waals surface area contributed by atoms with Crippen LogP contribution in [-0.2, 0) is 4.79 Å². The molecule has 0 bridgehead atoms. The molecule has 3 rings (SSSR count). The van der Waals surface area contributed by atoms with Crippen LogP contribution in [0.15, 0.2) is 40.9 Å². The van der Waals surface area contributed by atoms with Crippen LogP contribution < -0.4 is 14.4 Å². The molecule has 1 amide bonds. The lowest BCUT2D eigenvalue weighted by atomic mass is 10.0. The first kappa shape index (κ1) is 16.6. The first-order valence-electron chi connectivity index (χ1n) is 7.65. The van der Waals surface area contributed by atoms with Crippen molar-refractivity contribution in [2.24, 2.45) is 0 Å². The van der Waals surface area contributed by atoms with Gasteiger partial charge in [-0.3, -0.25) is 4.79 Å². The van der Waals surface area contributed by atoms with Crippen LogP contribution in [0.1, 0.15) is 18.1 Å². The smallest absolute Gasteiger partial charge is 0.258 e. The van der Waals surface area contributed by atoms with E-state index in [9.17, 15) is 4.79 Å². The van der Waals surface area contributed by atoms with Gasteiger partial charge in [-0.05, 0) is 36.8 Å². The van der Waals surface area contributed by atoms with Crippen molar-refractivity contribution in [3.05, 3.63) is 52.0 Å². The SMILES string of the molecule is CCN1C(=O)/C(=C\c2cc(OC)c(OC)cc2Br)c2ccccc21. The number of carbonyl (C=O) groups excluding carboxylic acids is 1. The zero-order valence-corrected chi connectivity index (χ0v) is 15.4. The lowest BCUT2D eigenvalue weighted by molar-refractivity contribution is -0.112. The van der Waals surface area contributed by atoms with Crippen LogP contribution in [0.25, 0.3) is 11.6 Å². The highest BCUT2D eigenvalue weighted by atomic mass is 79.9. The monoisotopic (exact) mass is 387 g/mol. The number of anilines is 1. The van der Waals surface area contributed by atoms with Gasteiger partial charge in [-0.2, -0.15) is 0 Å². The molecule has 2 aromatic rings. The van der Waals surface area contributed by atoms with Crippen molar-refractivity contribution in [2.75, 3.05) is 25.7 Å². The normalized spacial score (nSPS) is 14.9. The lowest BCUT2D eigenvalue weighted by Crippen LogP contribution is -2.25. The summed E-state index contributed by atoms with van der Waals surface area (Å²) in [6.45, 7) is 2.62. The zero-order valence-electron chi connectivity index (χ0n) is 13.8. The molecule has 0 atom stereocenters. The standard InChI is InChI=1S/C19H18BrNO3/c1-4-21-16-8-6-5-7-13(16)14(19(21)22)9-12-10-17(23-2)18(24-3)11-15(12)20/h5-11H,4H2,1-3H3/b14-9-. The molecule has 0 aliphatic carbocycles. The Morgan fingerprint density at radius 3 is 2.46 bits per heavy atom. The van der Waals surface area contributed by atoms with Crippen LogP contribution in [0, 0.1) is 0 Å². The Labute approximate surface area is 149 Å². The molecule has 0 fully saturated rings. The molecule has 24 heavy (non-hydrogen) atoms. The van der Waals surface area contributed by atoms with E-state index in [0.717, 1.165) is 21.3 Å². The number of nitrogens with zero attached hydrogens (tertiary/aromatic N) is 1. The van der Waals surface area contributed by atoms with Gasteiger partial charge >= 0.3 is 0 Å². The average Bonchev–Trinajstić information content (AvgIpc) is 2.87. The minimum absolute atomic E-state index is 0.0142. The Morgan fingerprint density at radius 2 is 1.79 bits per heavy atom. The number of amides is 1. The molecule has 0 saturated carbocycles. The van der Waals surface area contributed by atoms with E-state index in [2.05, 4.69) is 15.9 Å². The fourth-order valence-corrected chi connectivity index (χ4v) is 3.33. The molecule has 0 unspecified atom stereocenters. The number of likely N-dealkylation sites (N-methyl/N-ethyl adjacent to an activating group) is 1. The highest BCUT2D eigenvalue weighted by Crippen LogP contribution is 2.40. The van der Waals surface area contributed by atoms with Crippen molar-refractivity contribution in [1.29, 1.82) is 0 Å². The maximum atomic E-state index is 12.8. The maximum absolute atomic E-state index is 12.8. The summed E-state index contributed by atoms with van der Waals surface area (Å²) in [7, 11) is 3.19. The van der Waals surface area contributed by atoms with Gasteiger partial charge in [-0.25, -0.2) is 0 Å². The van der Waals surface area contributed by atoms with Gasteiger partial charge in [0.2, 0.25) is 0 Å². The Kier molecular flexibility index (Phi) is 4.62. The molecule has 0 N–H and O–H groups in total. The highest BCUT2D eigenvalue weighted by molar-refractivity contribution is 9.10. The fraction of sp³-hybridized carbons (Fsp3) is 0.211. The van der Waals surface area contributed by atoms with Crippen LogP contribution in [0.5, 0.6) is 11.5 Å². The predicted octanol–water partition coefficient (Wildman–Crippen LogP) is 4.37. The van der Waals surface area contributed by atoms with Crippen LogP contribution in [0.4, 0.5) is 5.69 Å². The molecule has 5 heteroatoms. The molecule has 1 aliphatic rings. The number of hydrogen-bond acceptors (Lipinski definition) is 3. The third-order valence-electron chi connectivity index (χ3n) is 4.08. The third kappa shape index (κ3) is 2.69. The highest BCUT2D eigenvalue weighted by Gasteiger charge is 2.30. The van der Waals surface area contributed by atoms with Crippen molar-refractivity contribution in [1.82, 2.24) is 0 Å². The van der Waals surface area contributed by atoms with E-state index in [0.29, 0.717) is 23.6 Å². The summed E-state index contributed by atoms with van der Waals surface area (Å²) in [6, 6.07) is 11.5. The largest absolute Gasteiger partial charge is 0.493 e. The van der Waals surface area contributed by atoms with Gasteiger partial charge in [-0.1, -0.05) is 34.1 Å². The first-order chi connectivity index (χ1) is 11.6. The number of rotatable bonds is 4. The van der Waals surface area contributed by atoms with E-state index in [-0.39, 0.29) is 5.91 Å². The number of halogens is 1. The molecular weight excluding hydrogens is 370 g/mol. The van der Waals surface area contributed by atoms with E-state index in [1.54, 1.807) is 19.1 Å². The van der Waals surface area contributed by atoms with Crippen LogP contribution in [-0.4, -0.2) is 26.7 Å². The van der Waals surface area contributed by atoms with E-state index in [4.69, 9.17) is 9.47 Å². The summed E-state index contributed by atoms with van der Waals surface area (Å²) < 4.78 is 11.5. The topological polar surface area (TPSA) is 38.8 Å². The fourth-order valence-electron chi connectivity index (χ4n) is 2.90. The van der Waals surface area contributed by atoms with Gasteiger partial charge in [0.05, 0.1) is 19.9 Å². The zero-order chi connectivity index (χ0) is 17.3. The molecule has 0 aromatic heterocycles. The molecule has 124 valence electrons. The lowest BCUT2D eigenvalue weighted by Gasteiger charge is -2.13. The van der Waals surface area contributed by atoms with Crippen LogP contribution in [0.2, 0.25) is 0 Å². The van der Waals surface area contributed by atoms with Crippen LogP contribution >= 0.6 is 15.9 Å². The summed E-state index contributed by atoms with van der Waals surface area (Å²) in [5.74, 6) is 1.28. The molecule has 0 spiro atoms. The molecule has 1 heterocycles. The summed E-state index contributed by atoms with van der Waals surface area (Å²) in [4.78, 5) is 14.6. The van der Waals surface area contributed by atoms with Gasteiger partial charge < -0.3 is 14.4 Å². The first-order valence-corrected chi connectivity index (χ1v) is 8.44. The molecule has 2 aromatic carbocycles. The minimum Gasteiger partial charge on any atom is -0.493 e. The van der Waals surface area contributed by atoms with E-state index < -0.39 is 0 Å². The van der Waals surface area contributed by atoms with Gasteiger partial charge in [0.15, 0.2) is 11.5 Å². The third-order valence-corrected chi connectivity index (χ3v) is 4.77. The second-order valence-corrected chi connectivity index (χ2v) is 6.21. The second-order valence-electron chi connectivity index (χ2n) is 5.35. The van der Waals surface area contributed by atoms with Crippen LogP contribution in [0.3, 0.4) is 0 Å². The summed E-state index contributed by atoms with van der Waals surface area (Å²) in [5, 5.41) is 0. The van der Waals surface area contributed by atoms with Crippen molar-refractivity contribution < 1.29 is 14.3 Å². The van der Waals surface area contributed by atoms with E-state index in [1.165, 1.54) is 0 Å². The van der Waals surface area contributed by atoms with Crippen molar-refractivity contribution in [2.45, 2.75) is 6.92 Å².